The molecule has 0 aliphatic heterocycles. The van der Waals surface area contributed by atoms with Gasteiger partial charge < -0.3 is 47.3 Å². The van der Waals surface area contributed by atoms with Crippen LogP contribution in [0.4, 0.5) is 93.8 Å². The molecule has 32 nitrogen and oxygen atoms in total. The third-order valence-corrected chi connectivity index (χ3v) is 17.2. The van der Waals surface area contributed by atoms with Gasteiger partial charge in [-0.15, -0.1) is 0 Å². The number of hydrogen-bond donors (Lipinski definition) is 7. The second kappa shape index (κ2) is 47.9. The van der Waals surface area contributed by atoms with Gasteiger partial charge in [-0.25, -0.2) is 62.4 Å². The minimum Gasteiger partial charge on any atom is -0.478 e. The van der Waals surface area contributed by atoms with Crippen LogP contribution in [0.2, 0.25) is 15.7 Å². The minimum absolute atomic E-state index is 0.0309. The highest BCUT2D eigenvalue weighted by Crippen LogP contribution is 2.61. The molecule has 0 saturated heterocycles. The van der Waals surface area contributed by atoms with Crippen molar-refractivity contribution in [1.82, 2.24) is 100 Å². The number of amides is 2. The number of aryl methyl sites for hydroxylation is 1. The Labute approximate surface area is 742 Å². The molecule has 4 atom stereocenters. The van der Waals surface area contributed by atoms with Crippen LogP contribution in [-0.4, -0.2) is 189 Å². The molecule has 682 valence electrons. The number of pyridine rings is 9. The highest BCUT2D eigenvalue weighted by atomic mass is 36.0. The van der Waals surface area contributed by atoms with Crippen LogP contribution in [0.15, 0.2) is 176 Å². The standard InChI is InChI=1S/2C16H13F4N5.C11H10ClF3N4.C7H3Cl2N3.C7H5N3O2.C6H6FN.C6H6N2O2.C4H8F3N.CH4N2O.Cl3OP/c2*1-9(16(18,19)20)25(2)15-11-4-6-22-8-13(11)23-14(24-15)10-3-5-21-7-12(10)17;1-6(11(13,14)15)19(2)9-7-3-4-16-5-8(7)17-10(12)18-9;8-6-4-1-2-10-3-5(4)11-7(9)12-6;11-6-4-1-2-8-3-5(4)9-7(12)10-6;1-5-2-3-8-4-6(5)7;7-5-3-8-2-1-4(5)6(9)10;1-3(8-2)4(5,6)7;2-1(3)4;1-5(2,3)4/h2*3-9H,1-2H3;3-6H,1-2H3;1-3H;1-3H,(H2,9,10,11,12);2-4H,1H3;1-3H,7H2,(H,9,10);3,8H,1-2H3;(H4,2,3,4);/t2*9-;;;;;;;;/m00......../s1. The first-order valence-corrected chi connectivity index (χ1v) is 40.8. The molecule has 0 aliphatic carbocycles. The molecule has 14 rings (SSSR count). The van der Waals surface area contributed by atoms with Gasteiger partial charge in [-0.1, -0.05) is 11.6 Å². The maximum atomic E-state index is 14.0. The fourth-order valence-corrected chi connectivity index (χ4v) is 10.0. The van der Waals surface area contributed by atoms with Crippen LogP contribution in [0.5, 0.6) is 0 Å². The summed E-state index contributed by atoms with van der Waals surface area (Å²) in [6.45, 7) is 5.89. The van der Waals surface area contributed by atoms with Gasteiger partial charge >= 0.3 is 47.6 Å². The van der Waals surface area contributed by atoms with Gasteiger partial charge in [-0.2, -0.15) is 57.7 Å². The minimum atomic E-state index is -4.44. The van der Waals surface area contributed by atoms with Gasteiger partial charge in [-0.3, -0.25) is 59.2 Å². The number of aromatic amines is 2. The van der Waals surface area contributed by atoms with Gasteiger partial charge in [0.05, 0.1) is 111 Å². The monoisotopic (exact) mass is 1940 g/mol. The predicted octanol–water partition coefficient (Wildman–Crippen LogP) is 17.1. The SMILES string of the molecule is CC(N(C)c1nc(Cl)nc2cnccc12)C(F)(F)F.CNC(C)C(F)(F)F.C[C@H](N(C)c1nc(-c2ccncc2F)nc2cnccc12)C(F)(F)F.C[C@H](N(C)c1nc(-c2ccncc2F)nc2cnccc12)C(F)(F)F.Cc1ccncc1F.Clc1nc(Cl)c2ccncc2n1.NC(N)=O.Nc1cnccc1C(=O)O.O=P(Cl)(Cl)Cl.O=c1[nH]c(=O)c2ccncc2[nH]1. The van der Waals surface area contributed by atoms with E-state index in [4.69, 9.17) is 50.4 Å². The number of nitrogens with zero attached hydrogens (tertiary/aromatic N) is 20. The molecule has 14 heterocycles. The molecule has 0 fully saturated rings. The van der Waals surface area contributed by atoms with E-state index < -0.39 is 89.0 Å². The van der Waals surface area contributed by atoms with Crippen LogP contribution in [-0.2, 0) is 4.57 Å². The Hall–Kier alpha value is -12.5. The smallest absolute Gasteiger partial charge is 0.408 e. The molecule has 54 heteroatoms. The Balaban J connectivity index is 0.000000264. The number of nitrogens with two attached hydrogens (primary N) is 3. The van der Waals surface area contributed by atoms with E-state index in [1.807, 2.05) is 0 Å². The number of carbonyl (C=O) groups excluding carboxylic acids is 1. The lowest BCUT2D eigenvalue weighted by Gasteiger charge is -2.28. The molecule has 0 radical (unpaired) electrons. The molecule has 0 saturated carbocycles. The van der Waals surface area contributed by atoms with Crippen molar-refractivity contribution in [2.24, 2.45) is 11.5 Å². The number of rotatable bonds is 10. The van der Waals surface area contributed by atoms with Crippen molar-refractivity contribution < 1.29 is 85.1 Å². The van der Waals surface area contributed by atoms with E-state index in [1.54, 1.807) is 49.8 Å². The van der Waals surface area contributed by atoms with Crippen LogP contribution >= 0.6 is 73.7 Å². The lowest BCUT2D eigenvalue weighted by Crippen LogP contribution is -2.41. The van der Waals surface area contributed by atoms with E-state index >= 15 is 0 Å². The summed E-state index contributed by atoms with van der Waals surface area (Å²) in [5, 5.41) is 10.2. The molecular weight excluding hydrogens is 1880 g/mol. The number of H-pyrrole nitrogens is 2. The number of carboxylic acids is 1. The maximum Gasteiger partial charge on any atom is 0.408 e. The second-order valence-corrected chi connectivity index (χ2v) is 32.9. The van der Waals surface area contributed by atoms with E-state index in [0.29, 0.717) is 59.8 Å². The summed E-state index contributed by atoms with van der Waals surface area (Å²) in [5.74, 6) is -2.44. The number of fused-ring (bicyclic) bond motifs is 5. The second-order valence-electron chi connectivity index (χ2n) is 25.2. The molecule has 2 amide bonds. The van der Waals surface area contributed by atoms with Crippen LogP contribution < -0.4 is 48.5 Å². The summed E-state index contributed by atoms with van der Waals surface area (Å²) in [6, 6.07) is 6.13. The van der Waals surface area contributed by atoms with Gasteiger partial charge in [0.25, 0.3) is 5.56 Å². The maximum absolute atomic E-state index is 14.0. The molecule has 10 N–H and O–H groups in total. The fraction of sp³-hybridized carbons (Fsp3) is 0.230. The van der Waals surface area contributed by atoms with E-state index in [9.17, 15) is 84.8 Å². The van der Waals surface area contributed by atoms with Gasteiger partial charge in [-0.05, 0) is 159 Å². The molecule has 128 heavy (non-hydrogen) atoms. The topological polar surface area (TPSA) is 456 Å². The number of carbonyl (C=O) groups is 2. The Morgan fingerprint density at radius 1 is 0.453 bits per heavy atom. The number of anilines is 4. The van der Waals surface area contributed by atoms with Crippen LogP contribution in [0.1, 0.15) is 43.6 Å². The third-order valence-electron chi connectivity index (χ3n) is 16.6. The summed E-state index contributed by atoms with van der Waals surface area (Å²) in [7, 11) is 5.16. The first-order valence-electron chi connectivity index (χ1n) is 35.2. The summed E-state index contributed by atoms with van der Waals surface area (Å²) >= 11 is 31.0. The molecule has 2 unspecified atom stereocenters. The first-order chi connectivity index (χ1) is 59.7. The van der Waals surface area contributed by atoms with Crippen molar-refractivity contribution in [1.29, 1.82) is 0 Å². The molecule has 0 aliphatic rings. The molecule has 0 bridgehead atoms. The van der Waals surface area contributed by atoms with Crippen LogP contribution in [0.3, 0.4) is 0 Å². The van der Waals surface area contributed by atoms with Crippen molar-refractivity contribution in [3.63, 3.8) is 0 Å². The van der Waals surface area contributed by atoms with Gasteiger partial charge in [0.1, 0.15) is 52.6 Å². The molecule has 14 aromatic rings. The zero-order chi connectivity index (χ0) is 96.1. The molecule has 0 spiro atoms. The number of carboxylic acid groups (broad SMARTS) is 1. The van der Waals surface area contributed by atoms with Crippen molar-refractivity contribution in [3.05, 3.63) is 231 Å². The van der Waals surface area contributed by atoms with Gasteiger partial charge in [0, 0.05) is 98.5 Å². The average Bonchev–Trinajstić information content (AvgIpc) is 0.778. The van der Waals surface area contributed by atoms with Crippen molar-refractivity contribution >= 4 is 163 Å². The number of urea groups is 1. The van der Waals surface area contributed by atoms with E-state index in [1.165, 1.54) is 139 Å². The summed E-state index contributed by atoms with van der Waals surface area (Å²) in [5.41, 5.74) is 16.0. The van der Waals surface area contributed by atoms with E-state index in [2.05, 4.69) is 145 Å². The van der Waals surface area contributed by atoms with Crippen molar-refractivity contribution in [2.45, 2.75) is 83.5 Å². The Bertz CT molecular complexity index is 6070. The summed E-state index contributed by atoms with van der Waals surface area (Å²) in [4.78, 5) is 115. The van der Waals surface area contributed by atoms with Gasteiger partial charge in [0.2, 0.25) is 10.6 Å². The lowest BCUT2D eigenvalue weighted by molar-refractivity contribution is -0.150. The lowest BCUT2D eigenvalue weighted by atomic mass is 10.2. The van der Waals surface area contributed by atoms with E-state index in [-0.39, 0.29) is 67.9 Å². The summed E-state index contributed by atoms with van der Waals surface area (Å²) < 4.78 is 201. The summed E-state index contributed by atoms with van der Waals surface area (Å²) in [6.07, 6.45) is 7.55. The van der Waals surface area contributed by atoms with E-state index in [0.717, 1.165) is 60.2 Å². The number of alkyl halides is 12. The highest BCUT2D eigenvalue weighted by molar-refractivity contribution is 8.24. The average molecular weight is 1950 g/mol. The van der Waals surface area contributed by atoms with Crippen molar-refractivity contribution in [3.8, 4) is 22.8 Å². The number of hydrogen-bond acceptors (Lipinski definition) is 27. The first kappa shape index (κ1) is 106. The third kappa shape index (κ3) is 33.0. The molecule has 0 aromatic carbocycles. The number of aromatic carboxylic acids is 1. The highest BCUT2D eigenvalue weighted by Gasteiger charge is 2.42. The predicted molar refractivity (Wildman–Crippen MR) is 454 cm³/mol. The Kier molecular flexibility index (Phi) is 39.6. The Morgan fingerprint density at radius 2 is 0.773 bits per heavy atom. The largest absolute Gasteiger partial charge is 0.478 e. The van der Waals surface area contributed by atoms with Gasteiger partial charge in [0.15, 0.2) is 23.3 Å². The Morgan fingerprint density at radius 3 is 1.11 bits per heavy atom. The van der Waals surface area contributed by atoms with Crippen LogP contribution in [0.25, 0.3) is 77.3 Å². The zero-order valence-corrected chi connectivity index (χ0v) is 72.4. The number of primary amides is 2. The quantitative estimate of drug-likeness (QED) is 0.0289. The number of nitrogens with one attached hydrogen (secondary N) is 3. The van der Waals surface area contributed by atoms with Crippen LogP contribution in [0, 0.1) is 24.4 Å². The molecular formula is C74H68Cl6F15N26O6P. The van der Waals surface area contributed by atoms with Crippen molar-refractivity contribution in [2.75, 3.05) is 48.6 Å². The normalized spacial score (nSPS) is 12.0. The molecule has 14 aromatic heterocycles. The number of nitrogen functional groups attached to an aromatic ring is 1. The number of halogens is 21. The zero-order valence-electron chi connectivity index (χ0n) is 66.9. The number of aromatic nitrogens is 19. The fourth-order valence-electron chi connectivity index (χ4n) is 9.37.